The van der Waals surface area contributed by atoms with E-state index >= 15 is 0 Å². The highest BCUT2D eigenvalue weighted by Crippen LogP contribution is 2.23. The molecule has 1 N–H and O–H groups in total. The van der Waals surface area contributed by atoms with Gasteiger partial charge in [0.15, 0.2) is 0 Å². The third-order valence-corrected chi connectivity index (χ3v) is 4.75. The van der Waals surface area contributed by atoms with E-state index < -0.39 is 0 Å². The first-order valence-electron chi connectivity index (χ1n) is 8.24. The number of carbonyl (C=O) groups excluding carboxylic acids is 1. The van der Waals surface area contributed by atoms with Crippen molar-refractivity contribution in [1.29, 1.82) is 0 Å². The lowest BCUT2D eigenvalue weighted by atomic mass is 9.92. The minimum absolute atomic E-state index is 0.0607. The standard InChI is InChI=1S/C16H22N6OS/c1-11(2)15(23)22-5-3-4-12(8-22)6-13-7-14(18-9-17-13)20-16-21-19-10-24-16/h7,9-12H,3-6,8H2,1-2H3,(H,17,18,20,21)/t12-/m0/s1. The van der Waals surface area contributed by atoms with Crippen LogP contribution in [0.5, 0.6) is 0 Å². The van der Waals surface area contributed by atoms with Crippen molar-refractivity contribution in [3.05, 3.63) is 23.6 Å². The summed E-state index contributed by atoms with van der Waals surface area (Å²) in [6.45, 7) is 5.62. The molecule has 1 aliphatic rings. The highest BCUT2D eigenvalue weighted by atomic mass is 32.1. The fraction of sp³-hybridized carbons (Fsp3) is 0.562. The van der Waals surface area contributed by atoms with Gasteiger partial charge in [-0.25, -0.2) is 9.97 Å². The van der Waals surface area contributed by atoms with E-state index in [0.29, 0.717) is 11.0 Å². The summed E-state index contributed by atoms with van der Waals surface area (Å²) >= 11 is 1.43. The normalized spacial score (nSPS) is 18.0. The van der Waals surface area contributed by atoms with Gasteiger partial charge >= 0.3 is 0 Å². The van der Waals surface area contributed by atoms with Crippen molar-refractivity contribution < 1.29 is 4.79 Å². The fourth-order valence-corrected chi connectivity index (χ4v) is 3.46. The van der Waals surface area contributed by atoms with E-state index in [2.05, 4.69) is 25.5 Å². The molecule has 128 valence electrons. The molecule has 2 aromatic heterocycles. The Balaban J connectivity index is 1.62. The number of anilines is 2. The molecule has 1 fully saturated rings. The molecule has 2 aromatic rings. The molecule has 0 spiro atoms. The zero-order valence-corrected chi connectivity index (χ0v) is 14.8. The van der Waals surface area contributed by atoms with Gasteiger partial charge in [0.2, 0.25) is 11.0 Å². The maximum absolute atomic E-state index is 12.2. The Morgan fingerprint density at radius 1 is 1.46 bits per heavy atom. The molecule has 0 radical (unpaired) electrons. The van der Waals surface area contributed by atoms with Gasteiger partial charge in [0, 0.05) is 30.8 Å². The Hall–Kier alpha value is -2.09. The largest absolute Gasteiger partial charge is 0.342 e. The van der Waals surface area contributed by atoms with Crippen LogP contribution in [-0.2, 0) is 11.2 Å². The van der Waals surface area contributed by atoms with Gasteiger partial charge in [-0.3, -0.25) is 4.79 Å². The third kappa shape index (κ3) is 4.25. The first kappa shape index (κ1) is 16.8. The van der Waals surface area contributed by atoms with Crippen molar-refractivity contribution in [1.82, 2.24) is 25.1 Å². The Labute approximate surface area is 145 Å². The number of rotatable bonds is 5. The fourth-order valence-electron chi connectivity index (χ4n) is 3.01. The van der Waals surface area contributed by atoms with Crippen LogP contribution in [0.25, 0.3) is 0 Å². The number of nitrogens with one attached hydrogen (secondary N) is 1. The van der Waals surface area contributed by atoms with E-state index in [9.17, 15) is 4.79 Å². The first-order chi connectivity index (χ1) is 11.6. The molecule has 1 atom stereocenters. The third-order valence-electron chi connectivity index (χ3n) is 4.14. The first-order valence-corrected chi connectivity index (χ1v) is 9.12. The van der Waals surface area contributed by atoms with Crippen molar-refractivity contribution >= 4 is 28.2 Å². The van der Waals surface area contributed by atoms with E-state index in [1.165, 1.54) is 11.3 Å². The summed E-state index contributed by atoms with van der Waals surface area (Å²) in [6, 6.07) is 1.95. The number of nitrogens with zero attached hydrogens (tertiary/aromatic N) is 5. The maximum Gasteiger partial charge on any atom is 0.225 e. The van der Waals surface area contributed by atoms with Gasteiger partial charge in [-0.05, 0) is 25.2 Å². The second kappa shape index (κ2) is 7.65. The predicted molar refractivity (Wildman–Crippen MR) is 93.1 cm³/mol. The second-order valence-electron chi connectivity index (χ2n) is 6.41. The SMILES string of the molecule is CC(C)C(=O)N1CCC[C@@H](Cc2cc(Nc3nncs3)ncn2)C1. The van der Waals surface area contributed by atoms with E-state index in [-0.39, 0.29) is 11.8 Å². The summed E-state index contributed by atoms with van der Waals surface area (Å²) < 4.78 is 0. The lowest BCUT2D eigenvalue weighted by Gasteiger charge is -2.33. The van der Waals surface area contributed by atoms with Crippen LogP contribution in [-0.4, -0.2) is 44.1 Å². The van der Waals surface area contributed by atoms with Crippen molar-refractivity contribution in [3.63, 3.8) is 0 Å². The smallest absolute Gasteiger partial charge is 0.225 e. The zero-order valence-electron chi connectivity index (χ0n) is 14.0. The highest BCUT2D eigenvalue weighted by Gasteiger charge is 2.25. The van der Waals surface area contributed by atoms with Crippen LogP contribution < -0.4 is 5.32 Å². The highest BCUT2D eigenvalue weighted by molar-refractivity contribution is 7.13. The molecule has 0 aromatic carbocycles. The summed E-state index contributed by atoms with van der Waals surface area (Å²) in [5.74, 6) is 1.49. The number of hydrogen-bond donors (Lipinski definition) is 1. The molecular weight excluding hydrogens is 324 g/mol. The molecule has 3 rings (SSSR count). The molecule has 1 saturated heterocycles. The number of likely N-dealkylation sites (tertiary alicyclic amines) is 1. The van der Waals surface area contributed by atoms with Gasteiger partial charge in [0.1, 0.15) is 17.7 Å². The van der Waals surface area contributed by atoms with Crippen molar-refractivity contribution in [2.45, 2.75) is 33.1 Å². The van der Waals surface area contributed by atoms with Gasteiger partial charge in [-0.15, -0.1) is 10.2 Å². The molecule has 0 aliphatic carbocycles. The lowest BCUT2D eigenvalue weighted by Crippen LogP contribution is -2.42. The molecule has 1 aliphatic heterocycles. The molecule has 3 heterocycles. The van der Waals surface area contributed by atoms with E-state index in [4.69, 9.17) is 0 Å². The number of piperidine rings is 1. The average Bonchev–Trinajstić information content (AvgIpc) is 3.07. The van der Waals surface area contributed by atoms with Gasteiger partial charge in [0.05, 0.1) is 0 Å². The Morgan fingerprint density at radius 2 is 2.33 bits per heavy atom. The molecular formula is C16H22N6OS. The number of carbonyl (C=O) groups is 1. The van der Waals surface area contributed by atoms with E-state index in [1.54, 1.807) is 11.8 Å². The van der Waals surface area contributed by atoms with Crippen molar-refractivity contribution in [2.75, 3.05) is 18.4 Å². The van der Waals surface area contributed by atoms with Crippen molar-refractivity contribution in [3.8, 4) is 0 Å². The summed E-state index contributed by atoms with van der Waals surface area (Å²) in [5.41, 5.74) is 2.66. The molecule has 24 heavy (non-hydrogen) atoms. The summed E-state index contributed by atoms with van der Waals surface area (Å²) in [4.78, 5) is 22.8. The van der Waals surface area contributed by atoms with Crippen LogP contribution >= 0.6 is 11.3 Å². The topological polar surface area (TPSA) is 83.9 Å². The van der Waals surface area contributed by atoms with Crippen LogP contribution in [0.3, 0.4) is 0 Å². The molecule has 8 heteroatoms. The Morgan fingerprint density at radius 3 is 3.08 bits per heavy atom. The van der Waals surface area contributed by atoms with Gasteiger partial charge in [-0.2, -0.15) is 0 Å². The average molecular weight is 346 g/mol. The molecule has 0 bridgehead atoms. The maximum atomic E-state index is 12.2. The Kier molecular flexibility index (Phi) is 5.34. The zero-order chi connectivity index (χ0) is 16.9. The van der Waals surface area contributed by atoms with Crippen LogP contribution in [0.1, 0.15) is 32.4 Å². The molecule has 0 unspecified atom stereocenters. The van der Waals surface area contributed by atoms with Gasteiger partial charge in [0.25, 0.3) is 0 Å². The van der Waals surface area contributed by atoms with Gasteiger partial charge in [-0.1, -0.05) is 25.2 Å². The van der Waals surface area contributed by atoms with E-state index in [1.807, 2.05) is 24.8 Å². The minimum atomic E-state index is 0.0607. The van der Waals surface area contributed by atoms with Crippen LogP contribution in [0.15, 0.2) is 17.9 Å². The van der Waals surface area contributed by atoms with E-state index in [0.717, 1.165) is 43.9 Å². The second-order valence-corrected chi connectivity index (χ2v) is 7.25. The predicted octanol–water partition coefficient (Wildman–Crippen LogP) is 2.51. The molecule has 0 saturated carbocycles. The van der Waals surface area contributed by atoms with Gasteiger partial charge < -0.3 is 10.2 Å². The summed E-state index contributed by atoms with van der Waals surface area (Å²) in [7, 11) is 0. The van der Waals surface area contributed by atoms with Crippen LogP contribution in [0.4, 0.5) is 10.9 Å². The minimum Gasteiger partial charge on any atom is -0.342 e. The number of hydrogen-bond acceptors (Lipinski definition) is 7. The summed E-state index contributed by atoms with van der Waals surface area (Å²) in [6.07, 6.45) is 4.61. The van der Waals surface area contributed by atoms with Crippen molar-refractivity contribution in [2.24, 2.45) is 11.8 Å². The molecule has 7 nitrogen and oxygen atoms in total. The molecule has 1 amide bonds. The monoisotopic (exact) mass is 346 g/mol. The Bertz CT molecular complexity index is 675. The van der Waals surface area contributed by atoms with Crippen LogP contribution in [0, 0.1) is 11.8 Å². The quantitative estimate of drug-likeness (QED) is 0.895. The lowest BCUT2D eigenvalue weighted by molar-refractivity contribution is -0.136. The number of aromatic nitrogens is 4. The summed E-state index contributed by atoms with van der Waals surface area (Å²) in [5, 5.41) is 11.6. The van der Waals surface area contributed by atoms with Crippen LogP contribution in [0.2, 0.25) is 0 Å². The number of amides is 1.